The van der Waals surface area contributed by atoms with Crippen molar-refractivity contribution in [3.63, 3.8) is 0 Å². The van der Waals surface area contributed by atoms with E-state index in [2.05, 4.69) is 15.0 Å². The zero-order chi connectivity index (χ0) is 20.7. The molecule has 0 fully saturated rings. The first-order chi connectivity index (χ1) is 14.0. The van der Waals surface area contributed by atoms with Crippen LogP contribution in [0.2, 0.25) is 0 Å². The Balaban J connectivity index is 1.52. The number of anilines is 1. The van der Waals surface area contributed by atoms with Crippen LogP contribution in [0.25, 0.3) is 10.2 Å². The lowest BCUT2D eigenvalue weighted by Gasteiger charge is -2.09. The Morgan fingerprint density at radius 2 is 2.00 bits per heavy atom. The van der Waals surface area contributed by atoms with E-state index in [9.17, 15) is 13.2 Å². The van der Waals surface area contributed by atoms with Crippen LogP contribution < -0.4 is 10.0 Å². The topological polar surface area (TPSA) is 97.4 Å². The molecule has 0 aliphatic carbocycles. The van der Waals surface area contributed by atoms with Gasteiger partial charge in [-0.2, -0.15) is 0 Å². The average molecular weight is 434 g/mol. The fourth-order valence-electron chi connectivity index (χ4n) is 2.62. The van der Waals surface area contributed by atoms with Gasteiger partial charge >= 0.3 is 0 Å². The molecule has 0 bridgehead atoms. The van der Waals surface area contributed by atoms with E-state index in [1.54, 1.807) is 12.1 Å². The summed E-state index contributed by atoms with van der Waals surface area (Å²) in [5, 5.41) is 3.46. The predicted octanol–water partition coefficient (Wildman–Crippen LogP) is 3.53. The predicted molar refractivity (Wildman–Crippen MR) is 114 cm³/mol. The molecule has 29 heavy (non-hydrogen) atoms. The number of nitrogens with one attached hydrogen (secondary N) is 2. The summed E-state index contributed by atoms with van der Waals surface area (Å²) < 4.78 is 33.7. The number of ether oxygens (including phenoxy) is 1. The molecule has 0 saturated carbocycles. The Morgan fingerprint density at radius 3 is 2.79 bits per heavy atom. The number of fused-ring (bicyclic) bond motifs is 1. The summed E-state index contributed by atoms with van der Waals surface area (Å²) >= 11 is 1.52. The van der Waals surface area contributed by atoms with E-state index in [0.29, 0.717) is 12.2 Å². The highest BCUT2D eigenvalue weighted by atomic mass is 32.2. The van der Waals surface area contributed by atoms with Crippen LogP contribution in [-0.4, -0.2) is 32.5 Å². The Morgan fingerprint density at radius 1 is 1.17 bits per heavy atom. The number of thiazole rings is 1. The minimum absolute atomic E-state index is 0.113. The van der Waals surface area contributed by atoms with Crippen molar-refractivity contribution in [1.29, 1.82) is 0 Å². The third kappa shape index (κ3) is 6.07. The Kier molecular flexibility index (Phi) is 7.32. The van der Waals surface area contributed by atoms with Crippen molar-refractivity contribution in [2.75, 3.05) is 18.5 Å². The summed E-state index contributed by atoms with van der Waals surface area (Å²) in [7, 11) is -3.60. The van der Waals surface area contributed by atoms with Crippen LogP contribution in [0.15, 0.2) is 53.4 Å². The van der Waals surface area contributed by atoms with E-state index >= 15 is 0 Å². The SMILES string of the molecule is CCCCNS(=O)(=O)c1cccc(NC(=O)COCc2nc3ccccc3s2)c1. The van der Waals surface area contributed by atoms with Gasteiger partial charge in [-0.25, -0.2) is 18.1 Å². The van der Waals surface area contributed by atoms with Crippen LogP contribution in [0, 0.1) is 0 Å². The molecule has 0 aliphatic heterocycles. The number of carbonyl (C=O) groups excluding carboxylic acids is 1. The minimum atomic E-state index is -3.60. The van der Waals surface area contributed by atoms with Crippen molar-refractivity contribution in [3.05, 3.63) is 53.5 Å². The molecule has 1 amide bonds. The lowest BCUT2D eigenvalue weighted by atomic mass is 10.3. The highest BCUT2D eigenvalue weighted by molar-refractivity contribution is 7.89. The number of aromatic nitrogens is 1. The van der Waals surface area contributed by atoms with Gasteiger partial charge in [0.1, 0.15) is 11.6 Å². The first kappa shape index (κ1) is 21.4. The maximum absolute atomic E-state index is 12.3. The molecule has 1 heterocycles. The fourth-order valence-corrected chi connectivity index (χ4v) is 4.64. The number of benzene rings is 2. The minimum Gasteiger partial charge on any atom is -0.364 e. The van der Waals surface area contributed by atoms with Crippen LogP contribution >= 0.6 is 11.3 Å². The van der Waals surface area contributed by atoms with Gasteiger partial charge in [0.25, 0.3) is 0 Å². The van der Waals surface area contributed by atoms with Crippen LogP contribution in [0.4, 0.5) is 5.69 Å². The average Bonchev–Trinajstić information content (AvgIpc) is 3.11. The molecule has 0 aliphatic rings. The van der Waals surface area contributed by atoms with E-state index in [-0.39, 0.29) is 24.0 Å². The Bertz CT molecular complexity index is 1050. The van der Waals surface area contributed by atoms with Crippen molar-refractivity contribution >= 4 is 43.2 Å². The molecular formula is C20H23N3O4S2. The van der Waals surface area contributed by atoms with E-state index in [1.807, 2.05) is 31.2 Å². The molecule has 0 atom stereocenters. The molecule has 9 heteroatoms. The third-order valence-corrected chi connectivity index (χ3v) is 6.52. The molecule has 7 nitrogen and oxygen atoms in total. The number of nitrogens with zero attached hydrogens (tertiary/aromatic N) is 1. The molecule has 1 aromatic heterocycles. The smallest absolute Gasteiger partial charge is 0.250 e. The lowest BCUT2D eigenvalue weighted by Crippen LogP contribution is -2.25. The molecule has 3 rings (SSSR count). The highest BCUT2D eigenvalue weighted by Crippen LogP contribution is 2.22. The second kappa shape index (κ2) is 9.93. The molecule has 0 saturated heterocycles. The van der Waals surface area contributed by atoms with Crippen LogP contribution in [0.5, 0.6) is 0 Å². The number of carbonyl (C=O) groups is 1. The quantitative estimate of drug-likeness (QED) is 0.477. The number of amides is 1. The Hall–Kier alpha value is -2.33. The molecule has 0 spiro atoms. The molecule has 154 valence electrons. The molecule has 2 N–H and O–H groups in total. The number of sulfonamides is 1. The van der Waals surface area contributed by atoms with Crippen LogP contribution in [-0.2, 0) is 26.2 Å². The van der Waals surface area contributed by atoms with Crippen molar-refractivity contribution < 1.29 is 17.9 Å². The van der Waals surface area contributed by atoms with Gasteiger partial charge in [-0.15, -0.1) is 11.3 Å². The van der Waals surface area contributed by atoms with Gasteiger partial charge in [-0.05, 0) is 36.8 Å². The zero-order valence-electron chi connectivity index (χ0n) is 16.1. The molecule has 2 aromatic carbocycles. The third-order valence-electron chi connectivity index (χ3n) is 4.05. The standard InChI is InChI=1S/C20H23N3O4S2/c1-2-3-11-21-29(25,26)16-8-6-7-15(12-16)22-19(24)13-27-14-20-23-17-9-4-5-10-18(17)28-20/h4-10,12,21H,2-3,11,13-14H2,1H3,(H,22,24). The van der Waals surface area contributed by atoms with Gasteiger partial charge in [0.05, 0.1) is 21.7 Å². The van der Waals surface area contributed by atoms with Gasteiger partial charge in [0, 0.05) is 12.2 Å². The summed E-state index contributed by atoms with van der Waals surface area (Å²) in [6.07, 6.45) is 1.66. The summed E-state index contributed by atoms with van der Waals surface area (Å²) in [5.41, 5.74) is 1.31. The van der Waals surface area contributed by atoms with Gasteiger partial charge in [-0.3, -0.25) is 4.79 Å². The van der Waals surface area contributed by atoms with Gasteiger partial charge in [0.2, 0.25) is 15.9 Å². The first-order valence-corrected chi connectivity index (χ1v) is 11.6. The second-order valence-electron chi connectivity index (χ2n) is 6.40. The molecule has 0 radical (unpaired) electrons. The maximum atomic E-state index is 12.3. The monoisotopic (exact) mass is 433 g/mol. The largest absolute Gasteiger partial charge is 0.364 e. The summed E-state index contributed by atoms with van der Waals surface area (Å²) in [4.78, 5) is 16.7. The number of rotatable bonds is 10. The zero-order valence-corrected chi connectivity index (χ0v) is 17.7. The summed E-state index contributed by atoms with van der Waals surface area (Å²) in [6, 6.07) is 13.9. The second-order valence-corrected chi connectivity index (χ2v) is 9.28. The molecular weight excluding hydrogens is 410 g/mol. The highest BCUT2D eigenvalue weighted by Gasteiger charge is 2.14. The summed E-state index contributed by atoms with van der Waals surface area (Å²) in [5.74, 6) is -0.361. The van der Waals surface area contributed by atoms with Gasteiger partial charge in [0.15, 0.2) is 0 Å². The normalized spacial score (nSPS) is 11.6. The Labute approximate surface area is 174 Å². The number of hydrogen-bond acceptors (Lipinski definition) is 6. The molecule has 3 aromatic rings. The van der Waals surface area contributed by atoms with Crippen LogP contribution in [0.3, 0.4) is 0 Å². The number of unbranched alkanes of at least 4 members (excludes halogenated alkanes) is 1. The van der Waals surface area contributed by atoms with Crippen molar-refractivity contribution in [1.82, 2.24) is 9.71 Å². The van der Waals surface area contributed by atoms with E-state index in [4.69, 9.17) is 4.74 Å². The number of hydrogen-bond donors (Lipinski definition) is 2. The van der Waals surface area contributed by atoms with Crippen LogP contribution in [0.1, 0.15) is 24.8 Å². The maximum Gasteiger partial charge on any atom is 0.250 e. The summed E-state index contributed by atoms with van der Waals surface area (Å²) in [6.45, 7) is 2.46. The van der Waals surface area contributed by atoms with E-state index in [1.165, 1.54) is 23.5 Å². The lowest BCUT2D eigenvalue weighted by molar-refractivity contribution is -0.121. The van der Waals surface area contributed by atoms with Gasteiger partial charge < -0.3 is 10.1 Å². The van der Waals surface area contributed by atoms with Crippen molar-refractivity contribution in [2.45, 2.75) is 31.3 Å². The van der Waals surface area contributed by atoms with Crippen molar-refractivity contribution in [3.8, 4) is 0 Å². The van der Waals surface area contributed by atoms with E-state index < -0.39 is 10.0 Å². The first-order valence-electron chi connectivity index (χ1n) is 9.30. The van der Waals surface area contributed by atoms with Crippen molar-refractivity contribution in [2.24, 2.45) is 0 Å². The van der Waals surface area contributed by atoms with Gasteiger partial charge in [-0.1, -0.05) is 31.5 Å². The molecule has 0 unspecified atom stereocenters. The van der Waals surface area contributed by atoms with E-state index in [0.717, 1.165) is 28.1 Å². The number of para-hydroxylation sites is 1. The fraction of sp³-hybridized carbons (Fsp3) is 0.300.